The maximum atomic E-state index is 11.9. The Bertz CT molecular complexity index is 1230. The number of nitrogens with one attached hydrogen (secondary N) is 1. The van der Waals surface area contributed by atoms with Crippen LogP contribution in [0, 0.1) is 0 Å². The lowest BCUT2D eigenvalue weighted by molar-refractivity contribution is -0.116. The number of carbonyl (C=O) groups is 1. The van der Waals surface area contributed by atoms with Crippen molar-refractivity contribution in [3.63, 3.8) is 0 Å². The third-order valence-corrected chi connectivity index (χ3v) is 6.33. The second-order valence-corrected chi connectivity index (χ2v) is 8.72. The Balaban J connectivity index is 1.53. The first kappa shape index (κ1) is 24.8. The van der Waals surface area contributed by atoms with Gasteiger partial charge in [-0.1, -0.05) is 41.9 Å². The minimum absolute atomic E-state index is 0.151. The Morgan fingerprint density at radius 1 is 1.23 bits per heavy atom. The molecule has 0 saturated carbocycles. The van der Waals surface area contributed by atoms with E-state index in [1.54, 1.807) is 20.3 Å². The van der Waals surface area contributed by atoms with Gasteiger partial charge in [0, 0.05) is 56.5 Å². The van der Waals surface area contributed by atoms with Crippen LogP contribution in [0.5, 0.6) is 6.01 Å². The lowest BCUT2D eigenvalue weighted by atomic mass is 10.0. The molecule has 1 aliphatic heterocycles. The summed E-state index contributed by atoms with van der Waals surface area (Å²) >= 11 is 6.58. The second-order valence-electron chi connectivity index (χ2n) is 8.32. The van der Waals surface area contributed by atoms with Crippen molar-refractivity contribution in [1.29, 1.82) is 0 Å². The minimum atomic E-state index is -0.151. The summed E-state index contributed by atoms with van der Waals surface area (Å²) in [7, 11) is 5.12. The Labute approximate surface area is 210 Å². The number of halogens is 1. The summed E-state index contributed by atoms with van der Waals surface area (Å²) in [5, 5.41) is 5.78. The molecule has 9 heteroatoms. The maximum absolute atomic E-state index is 11.9. The zero-order valence-electron chi connectivity index (χ0n) is 20.3. The highest BCUT2D eigenvalue weighted by molar-refractivity contribution is 6.36. The van der Waals surface area contributed by atoms with Gasteiger partial charge in [0.2, 0.25) is 5.91 Å². The molecule has 35 heavy (non-hydrogen) atoms. The van der Waals surface area contributed by atoms with Gasteiger partial charge in [0.25, 0.3) is 0 Å². The van der Waals surface area contributed by atoms with E-state index < -0.39 is 0 Å². The van der Waals surface area contributed by atoms with E-state index in [4.69, 9.17) is 21.1 Å². The molecule has 0 fully saturated rings. The number of methoxy groups -OCH3 is 2. The fraction of sp³-hybridized carbons (Fsp3) is 0.346. The first-order valence-electron chi connectivity index (χ1n) is 11.5. The van der Waals surface area contributed by atoms with Gasteiger partial charge in [0.1, 0.15) is 5.82 Å². The number of ether oxygens (including phenoxy) is 2. The lowest BCUT2D eigenvalue weighted by Gasteiger charge is -2.33. The van der Waals surface area contributed by atoms with Crippen LogP contribution in [0.2, 0.25) is 5.02 Å². The molecule has 3 aromatic rings. The number of hydrogen-bond donors (Lipinski definition) is 1. The predicted octanol–water partition coefficient (Wildman–Crippen LogP) is 3.61. The standard InChI is InChI=1S/C26H30ClN5O3/c1-31(15-13-28-23(33)11-6-16-34-2)25-19-12-14-32(17-21(19)29-26(30-25)35-3)22-10-5-8-18-7-4-9-20(27)24(18)22/h4-11H,12-17H2,1-3H3,(H,28,33)/b11-6+. The van der Waals surface area contributed by atoms with E-state index in [1.165, 1.54) is 6.08 Å². The van der Waals surface area contributed by atoms with Gasteiger partial charge in [-0.05, 0) is 23.9 Å². The van der Waals surface area contributed by atoms with Crippen molar-refractivity contribution in [1.82, 2.24) is 15.3 Å². The molecule has 0 atom stereocenters. The summed E-state index contributed by atoms with van der Waals surface area (Å²) < 4.78 is 10.3. The van der Waals surface area contributed by atoms with Crippen molar-refractivity contribution < 1.29 is 14.3 Å². The van der Waals surface area contributed by atoms with Gasteiger partial charge in [-0.25, -0.2) is 0 Å². The molecule has 0 spiro atoms. The molecular formula is C26H30ClN5O3. The first-order valence-corrected chi connectivity index (χ1v) is 11.9. The molecule has 1 N–H and O–H groups in total. The lowest BCUT2D eigenvalue weighted by Crippen LogP contribution is -2.36. The van der Waals surface area contributed by atoms with Crippen LogP contribution in [0.25, 0.3) is 10.8 Å². The van der Waals surface area contributed by atoms with Crippen LogP contribution in [0.3, 0.4) is 0 Å². The van der Waals surface area contributed by atoms with Crippen LogP contribution in [0.4, 0.5) is 11.5 Å². The van der Waals surface area contributed by atoms with Crippen molar-refractivity contribution in [2.75, 3.05) is 57.3 Å². The number of anilines is 2. The van der Waals surface area contributed by atoms with Crippen LogP contribution in [-0.4, -0.2) is 63.4 Å². The molecule has 1 aromatic heterocycles. The van der Waals surface area contributed by atoms with Crippen LogP contribution in [-0.2, 0) is 22.5 Å². The molecule has 2 aromatic carbocycles. The number of carbonyl (C=O) groups excluding carboxylic acids is 1. The smallest absolute Gasteiger partial charge is 0.318 e. The molecule has 2 heterocycles. The number of aromatic nitrogens is 2. The van der Waals surface area contributed by atoms with Gasteiger partial charge in [-0.2, -0.15) is 9.97 Å². The van der Waals surface area contributed by atoms with E-state index in [0.29, 0.717) is 32.3 Å². The molecule has 8 nitrogen and oxygen atoms in total. The summed E-state index contributed by atoms with van der Waals surface area (Å²) in [6, 6.07) is 12.5. The summed E-state index contributed by atoms with van der Waals surface area (Å²) in [6.07, 6.45) is 3.94. The number of fused-ring (bicyclic) bond motifs is 2. The first-order chi connectivity index (χ1) is 17.0. The summed E-state index contributed by atoms with van der Waals surface area (Å²) in [4.78, 5) is 25.6. The highest BCUT2D eigenvalue weighted by Crippen LogP contribution is 2.36. The number of nitrogens with zero attached hydrogens (tertiary/aromatic N) is 4. The Morgan fingerprint density at radius 3 is 2.80 bits per heavy atom. The molecule has 0 unspecified atom stereocenters. The number of benzene rings is 2. The highest BCUT2D eigenvalue weighted by Gasteiger charge is 2.25. The van der Waals surface area contributed by atoms with Crippen LogP contribution < -0.4 is 19.9 Å². The Hall–Kier alpha value is -3.36. The van der Waals surface area contributed by atoms with E-state index in [1.807, 2.05) is 24.1 Å². The monoisotopic (exact) mass is 495 g/mol. The molecule has 0 radical (unpaired) electrons. The van der Waals surface area contributed by atoms with E-state index in [-0.39, 0.29) is 5.91 Å². The SMILES string of the molecule is COC/C=C/C(=O)NCCN(C)c1nc(OC)nc2c1CCN(c1cccc3cccc(Cl)c13)C2. The zero-order chi connectivity index (χ0) is 24.8. The summed E-state index contributed by atoms with van der Waals surface area (Å²) in [5.74, 6) is 0.675. The van der Waals surface area contributed by atoms with Crippen molar-refractivity contribution in [3.05, 3.63) is 64.8 Å². The van der Waals surface area contributed by atoms with E-state index in [9.17, 15) is 4.79 Å². The number of amides is 1. The summed E-state index contributed by atoms with van der Waals surface area (Å²) in [5.41, 5.74) is 3.12. The van der Waals surface area contributed by atoms with Gasteiger partial charge in [0.15, 0.2) is 0 Å². The van der Waals surface area contributed by atoms with Crippen LogP contribution >= 0.6 is 11.6 Å². The molecule has 0 aliphatic carbocycles. The van der Waals surface area contributed by atoms with Gasteiger partial charge in [0.05, 0.1) is 31.0 Å². The largest absolute Gasteiger partial charge is 0.467 e. The van der Waals surface area contributed by atoms with Crippen LogP contribution in [0.15, 0.2) is 48.6 Å². The maximum Gasteiger partial charge on any atom is 0.318 e. The van der Waals surface area contributed by atoms with Crippen molar-refractivity contribution >= 4 is 39.8 Å². The number of hydrogen-bond acceptors (Lipinski definition) is 7. The second kappa shape index (κ2) is 11.4. The molecule has 4 rings (SSSR count). The van der Waals surface area contributed by atoms with Crippen LogP contribution in [0.1, 0.15) is 11.3 Å². The Morgan fingerprint density at radius 2 is 2.03 bits per heavy atom. The fourth-order valence-corrected chi connectivity index (χ4v) is 4.58. The number of likely N-dealkylation sites (N-methyl/N-ethyl adjacent to an activating group) is 1. The highest BCUT2D eigenvalue weighted by atomic mass is 35.5. The van der Waals surface area contributed by atoms with E-state index in [2.05, 4.69) is 44.5 Å². The molecule has 1 aliphatic rings. The van der Waals surface area contributed by atoms with E-state index in [0.717, 1.165) is 51.5 Å². The van der Waals surface area contributed by atoms with E-state index >= 15 is 0 Å². The fourth-order valence-electron chi connectivity index (χ4n) is 4.30. The molecule has 0 bridgehead atoms. The molecule has 184 valence electrons. The zero-order valence-corrected chi connectivity index (χ0v) is 21.0. The number of rotatable bonds is 9. The average molecular weight is 496 g/mol. The molecule has 1 amide bonds. The predicted molar refractivity (Wildman–Crippen MR) is 140 cm³/mol. The van der Waals surface area contributed by atoms with Gasteiger partial charge in [-0.3, -0.25) is 4.79 Å². The third-order valence-electron chi connectivity index (χ3n) is 6.02. The van der Waals surface area contributed by atoms with Gasteiger partial charge >= 0.3 is 6.01 Å². The third kappa shape index (κ3) is 5.66. The minimum Gasteiger partial charge on any atom is -0.467 e. The normalized spacial score (nSPS) is 13.2. The van der Waals surface area contributed by atoms with Gasteiger partial charge in [-0.15, -0.1) is 0 Å². The molecule has 0 saturated heterocycles. The van der Waals surface area contributed by atoms with Crippen molar-refractivity contribution in [2.24, 2.45) is 0 Å². The Kier molecular flexibility index (Phi) is 8.05. The molecular weight excluding hydrogens is 466 g/mol. The summed E-state index contributed by atoms with van der Waals surface area (Å²) in [6.45, 7) is 2.92. The average Bonchev–Trinajstić information content (AvgIpc) is 2.87. The quantitative estimate of drug-likeness (QED) is 0.454. The topological polar surface area (TPSA) is 79.8 Å². The van der Waals surface area contributed by atoms with Crippen molar-refractivity contribution in [3.8, 4) is 6.01 Å². The van der Waals surface area contributed by atoms with Gasteiger partial charge < -0.3 is 24.6 Å². The van der Waals surface area contributed by atoms with Crippen molar-refractivity contribution in [2.45, 2.75) is 13.0 Å².